The first-order valence-electron chi connectivity index (χ1n) is 5.32. The van der Waals surface area contributed by atoms with Gasteiger partial charge in [0, 0.05) is 10.1 Å². The van der Waals surface area contributed by atoms with E-state index in [0.717, 1.165) is 23.3 Å². The van der Waals surface area contributed by atoms with Gasteiger partial charge in [-0.05, 0) is 43.1 Å². The molecule has 1 rings (SSSR count). The monoisotopic (exact) mass is 227 g/mol. The van der Waals surface area contributed by atoms with E-state index in [1.54, 1.807) is 17.8 Å². The first-order chi connectivity index (χ1) is 7.17. The molecule has 84 valence electrons. The summed E-state index contributed by atoms with van der Waals surface area (Å²) >= 11 is 1.80. The predicted molar refractivity (Wildman–Crippen MR) is 64.8 cm³/mol. The minimum Gasteiger partial charge on any atom is -0.330 e. The van der Waals surface area contributed by atoms with Crippen molar-refractivity contribution in [2.45, 2.75) is 36.8 Å². The molecule has 3 heteroatoms. The van der Waals surface area contributed by atoms with E-state index in [1.165, 1.54) is 6.07 Å². The van der Waals surface area contributed by atoms with E-state index >= 15 is 0 Å². The van der Waals surface area contributed by atoms with Gasteiger partial charge in [0.1, 0.15) is 5.82 Å². The molecule has 0 aliphatic rings. The Kier molecular flexibility index (Phi) is 5.12. The minimum absolute atomic E-state index is 0.174. The molecule has 1 aromatic carbocycles. The highest BCUT2D eigenvalue weighted by Crippen LogP contribution is 2.29. The second kappa shape index (κ2) is 6.13. The molecule has 15 heavy (non-hydrogen) atoms. The maximum absolute atomic E-state index is 13.0. The zero-order valence-electron chi connectivity index (χ0n) is 9.29. The fourth-order valence-electron chi connectivity index (χ4n) is 1.31. The SMILES string of the molecule is CCC(C)Sc1ccc(F)cc1CCN. The Morgan fingerprint density at radius 1 is 1.47 bits per heavy atom. The van der Waals surface area contributed by atoms with Crippen LogP contribution in [0.1, 0.15) is 25.8 Å². The molecule has 0 aliphatic carbocycles. The van der Waals surface area contributed by atoms with E-state index in [-0.39, 0.29) is 5.82 Å². The molecule has 0 saturated heterocycles. The molecule has 1 unspecified atom stereocenters. The molecule has 0 aromatic heterocycles. The van der Waals surface area contributed by atoms with Gasteiger partial charge < -0.3 is 5.73 Å². The Hall–Kier alpha value is -0.540. The van der Waals surface area contributed by atoms with Crippen molar-refractivity contribution >= 4 is 11.8 Å². The number of rotatable bonds is 5. The van der Waals surface area contributed by atoms with E-state index in [0.29, 0.717) is 11.8 Å². The van der Waals surface area contributed by atoms with Crippen LogP contribution in [0.2, 0.25) is 0 Å². The van der Waals surface area contributed by atoms with Crippen molar-refractivity contribution in [1.29, 1.82) is 0 Å². The molecule has 1 nitrogen and oxygen atoms in total. The van der Waals surface area contributed by atoms with Gasteiger partial charge in [0.15, 0.2) is 0 Å². The summed E-state index contributed by atoms with van der Waals surface area (Å²) in [4.78, 5) is 1.16. The Labute approximate surface area is 95.2 Å². The van der Waals surface area contributed by atoms with Gasteiger partial charge in [-0.25, -0.2) is 4.39 Å². The third-order valence-electron chi connectivity index (χ3n) is 2.34. The highest BCUT2D eigenvalue weighted by atomic mass is 32.2. The maximum Gasteiger partial charge on any atom is 0.123 e. The third-order valence-corrected chi connectivity index (χ3v) is 3.73. The van der Waals surface area contributed by atoms with Gasteiger partial charge in [-0.15, -0.1) is 11.8 Å². The van der Waals surface area contributed by atoms with Crippen molar-refractivity contribution < 1.29 is 4.39 Å². The number of halogens is 1. The normalized spacial score (nSPS) is 12.8. The Balaban J connectivity index is 2.85. The molecule has 0 radical (unpaired) electrons. The number of benzene rings is 1. The van der Waals surface area contributed by atoms with E-state index in [4.69, 9.17) is 5.73 Å². The number of nitrogens with two attached hydrogens (primary N) is 1. The van der Waals surface area contributed by atoms with Gasteiger partial charge in [0.2, 0.25) is 0 Å². The van der Waals surface area contributed by atoms with Crippen LogP contribution in [0.3, 0.4) is 0 Å². The lowest BCUT2D eigenvalue weighted by Crippen LogP contribution is -2.05. The van der Waals surface area contributed by atoms with Crippen LogP contribution in [-0.4, -0.2) is 11.8 Å². The smallest absolute Gasteiger partial charge is 0.123 e. The largest absolute Gasteiger partial charge is 0.330 e. The fourth-order valence-corrected chi connectivity index (χ4v) is 2.37. The van der Waals surface area contributed by atoms with Crippen molar-refractivity contribution in [2.24, 2.45) is 5.73 Å². The summed E-state index contributed by atoms with van der Waals surface area (Å²) in [5, 5.41) is 0.562. The van der Waals surface area contributed by atoms with E-state index < -0.39 is 0 Å². The van der Waals surface area contributed by atoms with Crippen LogP contribution < -0.4 is 5.73 Å². The average molecular weight is 227 g/mol. The van der Waals surface area contributed by atoms with Crippen molar-refractivity contribution in [1.82, 2.24) is 0 Å². The van der Waals surface area contributed by atoms with Gasteiger partial charge in [-0.1, -0.05) is 13.8 Å². The first kappa shape index (κ1) is 12.5. The predicted octanol–water partition coefficient (Wildman–Crippen LogP) is 3.22. The van der Waals surface area contributed by atoms with Crippen LogP contribution in [0.5, 0.6) is 0 Å². The third kappa shape index (κ3) is 3.84. The van der Waals surface area contributed by atoms with Crippen LogP contribution in [0.15, 0.2) is 23.1 Å². The Bertz CT molecular complexity index is 314. The zero-order valence-corrected chi connectivity index (χ0v) is 10.1. The van der Waals surface area contributed by atoms with Crippen LogP contribution in [0.4, 0.5) is 4.39 Å². The summed E-state index contributed by atoms with van der Waals surface area (Å²) in [6.07, 6.45) is 1.86. The van der Waals surface area contributed by atoms with Gasteiger partial charge in [-0.2, -0.15) is 0 Å². The highest BCUT2D eigenvalue weighted by molar-refractivity contribution is 8.00. The van der Waals surface area contributed by atoms with Crippen LogP contribution in [-0.2, 0) is 6.42 Å². The molecular formula is C12H18FNS. The molecule has 2 N–H and O–H groups in total. The quantitative estimate of drug-likeness (QED) is 0.782. The molecule has 0 heterocycles. The molecule has 0 aliphatic heterocycles. The van der Waals surface area contributed by atoms with Gasteiger partial charge >= 0.3 is 0 Å². The molecular weight excluding hydrogens is 209 g/mol. The van der Waals surface area contributed by atoms with E-state index in [9.17, 15) is 4.39 Å². The van der Waals surface area contributed by atoms with Crippen molar-refractivity contribution in [3.63, 3.8) is 0 Å². The van der Waals surface area contributed by atoms with Gasteiger partial charge in [0.25, 0.3) is 0 Å². The lowest BCUT2D eigenvalue weighted by Gasteiger charge is -2.12. The number of hydrogen-bond donors (Lipinski definition) is 1. The van der Waals surface area contributed by atoms with Crippen molar-refractivity contribution in [3.05, 3.63) is 29.6 Å². The average Bonchev–Trinajstić information content (AvgIpc) is 2.22. The lowest BCUT2D eigenvalue weighted by molar-refractivity contribution is 0.623. The Morgan fingerprint density at radius 3 is 2.80 bits per heavy atom. The number of thioether (sulfide) groups is 1. The summed E-state index contributed by atoms with van der Waals surface area (Å²) in [6, 6.07) is 4.97. The zero-order chi connectivity index (χ0) is 11.3. The number of hydrogen-bond acceptors (Lipinski definition) is 2. The molecule has 0 saturated carbocycles. The van der Waals surface area contributed by atoms with E-state index in [1.807, 2.05) is 6.07 Å². The molecule has 0 spiro atoms. The summed E-state index contributed by atoms with van der Waals surface area (Å²) in [6.45, 7) is 4.90. The Morgan fingerprint density at radius 2 is 2.20 bits per heavy atom. The van der Waals surface area contributed by atoms with Crippen LogP contribution in [0.25, 0.3) is 0 Å². The molecule has 0 amide bonds. The minimum atomic E-state index is -0.174. The lowest BCUT2D eigenvalue weighted by atomic mass is 10.1. The second-order valence-corrected chi connectivity index (χ2v) is 5.11. The molecule has 1 atom stereocenters. The highest BCUT2D eigenvalue weighted by Gasteiger charge is 2.07. The maximum atomic E-state index is 13.0. The van der Waals surface area contributed by atoms with Crippen LogP contribution in [0, 0.1) is 5.82 Å². The van der Waals surface area contributed by atoms with Gasteiger partial charge in [0.05, 0.1) is 0 Å². The standard InChI is InChI=1S/C12H18FNS/c1-3-9(2)15-12-5-4-11(13)8-10(12)6-7-14/h4-5,8-9H,3,6-7,14H2,1-2H3. The van der Waals surface area contributed by atoms with Crippen molar-refractivity contribution in [2.75, 3.05) is 6.54 Å². The topological polar surface area (TPSA) is 26.0 Å². The fraction of sp³-hybridized carbons (Fsp3) is 0.500. The second-order valence-electron chi connectivity index (χ2n) is 3.63. The molecule has 1 aromatic rings. The summed E-state index contributed by atoms with van der Waals surface area (Å²) < 4.78 is 13.0. The van der Waals surface area contributed by atoms with E-state index in [2.05, 4.69) is 13.8 Å². The molecule has 0 fully saturated rings. The molecule has 0 bridgehead atoms. The summed E-state index contributed by atoms with van der Waals surface area (Å²) in [5.74, 6) is -0.174. The first-order valence-corrected chi connectivity index (χ1v) is 6.20. The van der Waals surface area contributed by atoms with Crippen molar-refractivity contribution in [3.8, 4) is 0 Å². The van der Waals surface area contributed by atoms with Crippen LogP contribution >= 0.6 is 11.8 Å². The van der Waals surface area contributed by atoms with Gasteiger partial charge in [-0.3, -0.25) is 0 Å². The summed E-state index contributed by atoms with van der Waals surface area (Å²) in [7, 11) is 0. The summed E-state index contributed by atoms with van der Waals surface area (Å²) in [5.41, 5.74) is 6.54.